The number of nitrogens with one attached hydrogen (secondary N) is 1. The molecule has 9 heteroatoms. The van der Waals surface area contributed by atoms with Crippen LogP contribution < -0.4 is 15.0 Å². The van der Waals surface area contributed by atoms with Gasteiger partial charge in [-0.1, -0.05) is 0 Å². The van der Waals surface area contributed by atoms with Gasteiger partial charge in [0.05, 0.1) is 17.6 Å². The van der Waals surface area contributed by atoms with Crippen LogP contribution in [0.5, 0.6) is 5.75 Å². The molecular formula is C23H23F2N5O2. The molecule has 1 aromatic carbocycles. The number of carbonyl (C=O) groups excluding carboxylic acids is 1. The lowest BCUT2D eigenvalue weighted by Gasteiger charge is -2.38. The standard InChI is InChI=1S/C23H23F2N5O2/c1-22(2)8-13-6-17(28-21(31)15-10-27-30-5-3-4-26-20(15)30)18(7-19(13)32-22)29-11-14-9-23(24,25)16(14)12-29/h3-7,10,14,16H,8-9,11-12H2,1-2H3,(H,28,31). The summed E-state index contributed by atoms with van der Waals surface area (Å²) in [5.41, 5.74) is 2.74. The molecule has 2 atom stereocenters. The Morgan fingerprint density at radius 3 is 2.91 bits per heavy atom. The second kappa shape index (κ2) is 6.40. The predicted octanol–water partition coefficient (Wildman–Crippen LogP) is 3.79. The van der Waals surface area contributed by atoms with Crippen molar-refractivity contribution >= 4 is 22.9 Å². The maximum absolute atomic E-state index is 14.0. The monoisotopic (exact) mass is 439 g/mol. The number of benzene rings is 1. The molecule has 4 heterocycles. The van der Waals surface area contributed by atoms with Crippen molar-refractivity contribution < 1.29 is 18.3 Å². The van der Waals surface area contributed by atoms with Gasteiger partial charge < -0.3 is 15.0 Å². The van der Waals surface area contributed by atoms with Crippen LogP contribution in [0, 0.1) is 11.8 Å². The van der Waals surface area contributed by atoms with Gasteiger partial charge in [0.1, 0.15) is 16.9 Å². The van der Waals surface area contributed by atoms with E-state index in [1.807, 2.05) is 30.9 Å². The van der Waals surface area contributed by atoms with E-state index in [4.69, 9.17) is 4.74 Å². The van der Waals surface area contributed by atoms with Crippen molar-refractivity contribution in [3.8, 4) is 5.75 Å². The van der Waals surface area contributed by atoms with Gasteiger partial charge >= 0.3 is 0 Å². The van der Waals surface area contributed by atoms with Crippen molar-refractivity contribution in [2.45, 2.75) is 38.2 Å². The molecule has 0 radical (unpaired) electrons. The number of hydrogen-bond donors (Lipinski definition) is 1. The van der Waals surface area contributed by atoms with Gasteiger partial charge in [-0.3, -0.25) is 4.79 Å². The van der Waals surface area contributed by atoms with Gasteiger partial charge in [-0.25, -0.2) is 18.3 Å². The largest absolute Gasteiger partial charge is 0.487 e. The molecule has 0 bridgehead atoms. The van der Waals surface area contributed by atoms with E-state index in [2.05, 4.69) is 15.4 Å². The lowest BCUT2D eigenvalue weighted by molar-refractivity contribution is -0.152. The first-order valence-corrected chi connectivity index (χ1v) is 10.8. The highest BCUT2D eigenvalue weighted by Crippen LogP contribution is 2.54. The summed E-state index contributed by atoms with van der Waals surface area (Å²) < 4.78 is 35.6. The van der Waals surface area contributed by atoms with Gasteiger partial charge in [0.15, 0.2) is 5.65 Å². The molecule has 6 rings (SSSR count). The maximum atomic E-state index is 14.0. The number of amides is 1. The number of carbonyl (C=O) groups is 1. The molecule has 2 fully saturated rings. The summed E-state index contributed by atoms with van der Waals surface area (Å²) in [6.45, 7) is 4.82. The second-order valence-electron chi connectivity index (χ2n) is 9.65. The van der Waals surface area contributed by atoms with E-state index in [-0.39, 0.29) is 30.4 Å². The lowest BCUT2D eigenvalue weighted by Crippen LogP contribution is -2.46. The molecule has 0 spiro atoms. The van der Waals surface area contributed by atoms with Crippen molar-refractivity contribution in [2.24, 2.45) is 11.8 Å². The molecular weight excluding hydrogens is 416 g/mol. The first-order chi connectivity index (χ1) is 15.2. The normalized spacial score (nSPS) is 24.6. The van der Waals surface area contributed by atoms with Gasteiger partial charge in [0, 0.05) is 55.9 Å². The van der Waals surface area contributed by atoms with E-state index < -0.39 is 11.8 Å². The number of nitrogens with zero attached hydrogens (tertiary/aromatic N) is 4. The van der Waals surface area contributed by atoms with Crippen molar-refractivity contribution in [2.75, 3.05) is 23.3 Å². The first-order valence-electron chi connectivity index (χ1n) is 10.8. The lowest BCUT2D eigenvalue weighted by atomic mass is 9.72. The molecule has 1 N–H and O–H groups in total. The highest BCUT2D eigenvalue weighted by molar-refractivity contribution is 6.09. The molecule has 2 aliphatic heterocycles. The second-order valence-corrected chi connectivity index (χ2v) is 9.65. The zero-order valence-corrected chi connectivity index (χ0v) is 17.8. The molecule has 2 aromatic heterocycles. The smallest absolute Gasteiger partial charge is 0.261 e. The van der Waals surface area contributed by atoms with Crippen LogP contribution in [0.4, 0.5) is 20.2 Å². The summed E-state index contributed by atoms with van der Waals surface area (Å²) in [6.07, 6.45) is 5.44. The summed E-state index contributed by atoms with van der Waals surface area (Å²) in [7, 11) is 0. The van der Waals surface area contributed by atoms with E-state index in [1.54, 1.807) is 18.5 Å². The summed E-state index contributed by atoms with van der Waals surface area (Å²) in [5, 5.41) is 7.17. The van der Waals surface area contributed by atoms with Gasteiger partial charge in [0.2, 0.25) is 0 Å². The minimum atomic E-state index is -2.61. The number of hydrogen-bond acceptors (Lipinski definition) is 5. The Morgan fingerprint density at radius 1 is 1.28 bits per heavy atom. The Balaban J connectivity index is 1.36. The number of ether oxygens (including phenoxy) is 1. The topological polar surface area (TPSA) is 71.8 Å². The molecule has 1 aliphatic carbocycles. The van der Waals surface area contributed by atoms with Gasteiger partial charge in [0.25, 0.3) is 11.8 Å². The van der Waals surface area contributed by atoms with E-state index in [0.29, 0.717) is 35.6 Å². The summed E-state index contributed by atoms with van der Waals surface area (Å²) >= 11 is 0. The summed E-state index contributed by atoms with van der Waals surface area (Å²) in [6, 6.07) is 5.53. The zero-order chi connectivity index (χ0) is 22.3. The number of halogens is 2. The van der Waals surface area contributed by atoms with E-state index in [9.17, 15) is 13.6 Å². The molecule has 166 valence electrons. The molecule has 7 nitrogen and oxygen atoms in total. The van der Waals surface area contributed by atoms with Crippen LogP contribution in [-0.4, -0.2) is 45.1 Å². The quantitative estimate of drug-likeness (QED) is 0.673. The van der Waals surface area contributed by atoms with Crippen LogP contribution in [-0.2, 0) is 6.42 Å². The molecule has 3 aromatic rings. The number of fused-ring (bicyclic) bond motifs is 3. The summed E-state index contributed by atoms with van der Waals surface area (Å²) in [4.78, 5) is 19.4. The van der Waals surface area contributed by atoms with Crippen LogP contribution in [0.3, 0.4) is 0 Å². The molecule has 32 heavy (non-hydrogen) atoms. The molecule has 1 saturated heterocycles. The minimum Gasteiger partial charge on any atom is -0.487 e. The third-order valence-corrected chi connectivity index (χ3v) is 6.81. The average molecular weight is 439 g/mol. The van der Waals surface area contributed by atoms with Crippen LogP contribution >= 0.6 is 0 Å². The predicted molar refractivity (Wildman–Crippen MR) is 115 cm³/mol. The maximum Gasteiger partial charge on any atom is 0.261 e. The third kappa shape index (κ3) is 2.94. The number of anilines is 2. The third-order valence-electron chi connectivity index (χ3n) is 6.81. The highest BCUT2D eigenvalue weighted by Gasteiger charge is 2.59. The van der Waals surface area contributed by atoms with E-state index in [1.165, 1.54) is 10.7 Å². The average Bonchev–Trinajstić information content (AvgIpc) is 3.39. The Bertz CT molecular complexity index is 1250. The molecule has 1 saturated carbocycles. The number of alkyl halides is 2. The fraction of sp³-hybridized carbons (Fsp3) is 0.435. The number of rotatable bonds is 3. The fourth-order valence-electron chi connectivity index (χ4n) is 5.27. The molecule has 2 unspecified atom stereocenters. The SMILES string of the molecule is CC1(C)Cc2cc(NC(=O)c3cnn4cccnc34)c(N3CC4CC(F)(F)C4C3)cc2O1. The highest BCUT2D eigenvalue weighted by atomic mass is 19.3. The van der Waals surface area contributed by atoms with E-state index in [0.717, 1.165) is 11.3 Å². The zero-order valence-electron chi connectivity index (χ0n) is 17.8. The number of aromatic nitrogens is 3. The molecule has 3 aliphatic rings. The Kier molecular flexibility index (Phi) is 3.89. The van der Waals surface area contributed by atoms with Crippen LogP contribution in [0.25, 0.3) is 5.65 Å². The fourth-order valence-corrected chi connectivity index (χ4v) is 5.27. The van der Waals surface area contributed by atoms with E-state index >= 15 is 0 Å². The van der Waals surface area contributed by atoms with Crippen LogP contribution in [0.15, 0.2) is 36.8 Å². The van der Waals surface area contributed by atoms with Crippen LogP contribution in [0.2, 0.25) is 0 Å². The van der Waals surface area contributed by atoms with Crippen molar-refractivity contribution in [1.82, 2.24) is 14.6 Å². The van der Waals surface area contributed by atoms with Gasteiger partial charge in [-0.2, -0.15) is 5.10 Å². The van der Waals surface area contributed by atoms with Crippen molar-refractivity contribution in [1.29, 1.82) is 0 Å². The Morgan fingerprint density at radius 2 is 2.12 bits per heavy atom. The minimum absolute atomic E-state index is 0.0250. The first kappa shape index (κ1) is 19.5. The van der Waals surface area contributed by atoms with Crippen LogP contribution in [0.1, 0.15) is 36.2 Å². The molecule has 1 amide bonds. The van der Waals surface area contributed by atoms with Gasteiger partial charge in [-0.05, 0) is 31.9 Å². The van der Waals surface area contributed by atoms with Crippen molar-refractivity contribution in [3.05, 3.63) is 47.9 Å². The van der Waals surface area contributed by atoms with Crippen molar-refractivity contribution in [3.63, 3.8) is 0 Å². The summed E-state index contributed by atoms with van der Waals surface area (Å²) in [5.74, 6) is -2.87. The Labute approximate surface area is 183 Å². The van der Waals surface area contributed by atoms with Gasteiger partial charge in [-0.15, -0.1) is 0 Å². The Hall–Kier alpha value is -3.23.